The fourth-order valence-corrected chi connectivity index (χ4v) is 2.15. The third kappa shape index (κ3) is 3.13. The molecule has 0 bridgehead atoms. The SMILES string of the molecule is COc1ccccc1OCCn1nc(C)c([N+](=O)[O-])c1C. The molecule has 7 nitrogen and oxygen atoms in total. The molecule has 1 aromatic heterocycles. The van der Waals surface area contributed by atoms with E-state index in [1.807, 2.05) is 24.3 Å². The van der Waals surface area contributed by atoms with Crippen molar-refractivity contribution < 1.29 is 14.4 Å². The molecule has 0 saturated carbocycles. The maximum atomic E-state index is 10.9. The number of aromatic nitrogens is 2. The molecule has 0 aliphatic rings. The summed E-state index contributed by atoms with van der Waals surface area (Å²) in [4.78, 5) is 10.5. The van der Waals surface area contributed by atoms with Crippen LogP contribution < -0.4 is 9.47 Å². The molecule has 7 heteroatoms. The van der Waals surface area contributed by atoms with Crippen LogP contribution in [0.5, 0.6) is 11.5 Å². The van der Waals surface area contributed by atoms with Crippen LogP contribution in [0.15, 0.2) is 24.3 Å². The van der Waals surface area contributed by atoms with E-state index in [0.29, 0.717) is 36.0 Å². The number of benzene rings is 1. The second-order valence-electron chi connectivity index (χ2n) is 4.50. The zero-order chi connectivity index (χ0) is 15.4. The third-order valence-electron chi connectivity index (χ3n) is 3.16. The van der Waals surface area contributed by atoms with Gasteiger partial charge in [0.05, 0.1) is 18.6 Å². The Kier molecular flexibility index (Phi) is 4.42. The minimum Gasteiger partial charge on any atom is -0.493 e. The first-order valence-corrected chi connectivity index (χ1v) is 6.48. The van der Waals surface area contributed by atoms with Gasteiger partial charge in [0.2, 0.25) is 0 Å². The molecule has 0 aliphatic carbocycles. The number of nitrogens with zero attached hydrogens (tertiary/aromatic N) is 3. The Bertz CT molecular complexity index is 652. The van der Waals surface area contributed by atoms with Gasteiger partial charge in [-0.1, -0.05) is 12.1 Å². The van der Waals surface area contributed by atoms with E-state index in [2.05, 4.69) is 5.10 Å². The van der Waals surface area contributed by atoms with E-state index in [4.69, 9.17) is 9.47 Å². The lowest BCUT2D eigenvalue weighted by Crippen LogP contribution is -2.11. The van der Waals surface area contributed by atoms with Gasteiger partial charge in [-0.2, -0.15) is 5.10 Å². The summed E-state index contributed by atoms with van der Waals surface area (Å²) < 4.78 is 12.4. The van der Waals surface area contributed by atoms with Gasteiger partial charge in [0.15, 0.2) is 11.5 Å². The second-order valence-corrected chi connectivity index (χ2v) is 4.50. The minimum atomic E-state index is -0.407. The van der Waals surface area contributed by atoms with Gasteiger partial charge in [0.1, 0.15) is 18.0 Å². The molecular weight excluding hydrogens is 274 g/mol. The van der Waals surface area contributed by atoms with Gasteiger partial charge in [-0.15, -0.1) is 0 Å². The molecule has 112 valence electrons. The second kappa shape index (κ2) is 6.25. The van der Waals surface area contributed by atoms with Gasteiger partial charge in [-0.3, -0.25) is 14.8 Å². The van der Waals surface area contributed by atoms with Gasteiger partial charge >= 0.3 is 5.69 Å². The van der Waals surface area contributed by atoms with Crippen LogP contribution in [0.1, 0.15) is 11.4 Å². The molecule has 0 spiro atoms. The molecule has 0 unspecified atom stereocenters. The first-order valence-electron chi connectivity index (χ1n) is 6.48. The number of hydrogen-bond acceptors (Lipinski definition) is 5. The van der Waals surface area contributed by atoms with Gasteiger partial charge in [-0.25, -0.2) is 0 Å². The summed E-state index contributed by atoms with van der Waals surface area (Å²) in [5.41, 5.74) is 1.00. The zero-order valence-corrected chi connectivity index (χ0v) is 12.2. The van der Waals surface area contributed by atoms with Crippen molar-refractivity contribution in [3.05, 3.63) is 45.8 Å². The molecule has 0 amide bonds. The van der Waals surface area contributed by atoms with Crippen molar-refractivity contribution in [1.82, 2.24) is 9.78 Å². The molecule has 0 fully saturated rings. The lowest BCUT2D eigenvalue weighted by atomic mass is 10.3. The Morgan fingerprint density at radius 2 is 1.95 bits per heavy atom. The fourth-order valence-electron chi connectivity index (χ4n) is 2.15. The Balaban J connectivity index is 2.04. The van der Waals surface area contributed by atoms with Gasteiger partial charge in [0, 0.05) is 0 Å². The summed E-state index contributed by atoms with van der Waals surface area (Å²) >= 11 is 0. The molecule has 0 saturated heterocycles. The van der Waals surface area contributed by atoms with Crippen LogP contribution in [0, 0.1) is 24.0 Å². The van der Waals surface area contributed by atoms with Crippen molar-refractivity contribution in [2.75, 3.05) is 13.7 Å². The highest BCUT2D eigenvalue weighted by molar-refractivity contribution is 5.40. The molecule has 0 atom stereocenters. The molecule has 1 aromatic carbocycles. The molecule has 0 radical (unpaired) electrons. The van der Waals surface area contributed by atoms with Crippen molar-refractivity contribution in [2.45, 2.75) is 20.4 Å². The van der Waals surface area contributed by atoms with E-state index < -0.39 is 4.92 Å². The lowest BCUT2D eigenvalue weighted by Gasteiger charge is -2.10. The Labute approximate surface area is 122 Å². The third-order valence-corrected chi connectivity index (χ3v) is 3.16. The van der Waals surface area contributed by atoms with Gasteiger partial charge in [0.25, 0.3) is 0 Å². The van der Waals surface area contributed by atoms with Crippen LogP contribution in [-0.4, -0.2) is 28.4 Å². The number of hydrogen-bond donors (Lipinski definition) is 0. The van der Waals surface area contributed by atoms with Crippen LogP contribution in [0.4, 0.5) is 5.69 Å². The van der Waals surface area contributed by atoms with E-state index >= 15 is 0 Å². The minimum absolute atomic E-state index is 0.0623. The zero-order valence-electron chi connectivity index (χ0n) is 12.2. The van der Waals surface area contributed by atoms with Gasteiger partial charge in [-0.05, 0) is 26.0 Å². The number of ether oxygens (including phenoxy) is 2. The standard InChI is InChI=1S/C14H17N3O4/c1-10-14(17(18)19)11(2)16(15-10)8-9-21-13-7-5-4-6-12(13)20-3/h4-7H,8-9H2,1-3H3. The monoisotopic (exact) mass is 291 g/mol. The summed E-state index contributed by atoms with van der Waals surface area (Å²) in [5.74, 6) is 1.29. The van der Waals surface area contributed by atoms with Crippen molar-refractivity contribution in [3.8, 4) is 11.5 Å². The predicted octanol–water partition coefficient (Wildman–Crippen LogP) is 2.50. The Morgan fingerprint density at radius 1 is 1.29 bits per heavy atom. The van der Waals surface area contributed by atoms with Crippen LogP contribution in [-0.2, 0) is 6.54 Å². The summed E-state index contributed by atoms with van der Waals surface area (Å²) in [6.07, 6.45) is 0. The predicted molar refractivity (Wildman–Crippen MR) is 76.8 cm³/mol. The summed E-state index contributed by atoms with van der Waals surface area (Å²) in [6, 6.07) is 7.33. The topological polar surface area (TPSA) is 79.4 Å². The Morgan fingerprint density at radius 3 is 2.52 bits per heavy atom. The largest absolute Gasteiger partial charge is 0.493 e. The van der Waals surface area contributed by atoms with Crippen LogP contribution in [0.3, 0.4) is 0 Å². The normalized spacial score (nSPS) is 10.4. The fraction of sp³-hybridized carbons (Fsp3) is 0.357. The molecule has 21 heavy (non-hydrogen) atoms. The summed E-state index contributed by atoms with van der Waals surface area (Å²) in [7, 11) is 1.58. The quantitative estimate of drug-likeness (QED) is 0.603. The smallest absolute Gasteiger partial charge is 0.312 e. The van der Waals surface area contributed by atoms with Gasteiger partial charge < -0.3 is 9.47 Å². The number of para-hydroxylation sites is 2. The highest BCUT2D eigenvalue weighted by Crippen LogP contribution is 2.26. The molecule has 0 aliphatic heterocycles. The average molecular weight is 291 g/mol. The van der Waals surface area contributed by atoms with E-state index in [0.717, 1.165) is 0 Å². The lowest BCUT2D eigenvalue weighted by molar-refractivity contribution is -0.386. The van der Waals surface area contributed by atoms with E-state index in [-0.39, 0.29) is 5.69 Å². The molecule has 0 N–H and O–H groups in total. The molecule has 1 heterocycles. The Hall–Kier alpha value is -2.57. The number of methoxy groups -OCH3 is 1. The molecular formula is C14H17N3O4. The van der Waals surface area contributed by atoms with E-state index in [1.54, 1.807) is 25.6 Å². The average Bonchev–Trinajstić information content (AvgIpc) is 2.74. The van der Waals surface area contributed by atoms with Crippen LogP contribution in [0.25, 0.3) is 0 Å². The highest BCUT2D eigenvalue weighted by atomic mass is 16.6. The first kappa shape index (κ1) is 14.8. The summed E-state index contributed by atoms with van der Waals surface area (Å²) in [5, 5.41) is 15.1. The van der Waals surface area contributed by atoms with Crippen LogP contribution >= 0.6 is 0 Å². The van der Waals surface area contributed by atoms with Crippen molar-refractivity contribution in [3.63, 3.8) is 0 Å². The maximum Gasteiger partial charge on any atom is 0.312 e. The number of rotatable bonds is 6. The van der Waals surface area contributed by atoms with Crippen molar-refractivity contribution >= 4 is 5.69 Å². The number of aryl methyl sites for hydroxylation is 1. The first-order chi connectivity index (χ1) is 10.0. The highest BCUT2D eigenvalue weighted by Gasteiger charge is 2.21. The van der Waals surface area contributed by atoms with Crippen LogP contribution in [0.2, 0.25) is 0 Å². The maximum absolute atomic E-state index is 10.9. The number of nitro groups is 1. The molecule has 2 aromatic rings. The van der Waals surface area contributed by atoms with Crippen molar-refractivity contribution in [1.29, 1.82) is 0 Å². The summed E-state index contributed by atoms with van der Waals surface area (Å²) in [6.45, 7) is 4.09. The molecule has 2 rings (SSSR count). The van der Waals surface area contributed by atoms with Crippen molar-refractivity contribution in [2.24, 2.45) is 0 Å². The van der Waals surface area contributed by atoms with E-state index in [1.165, 1.54) is 0 Å². The van der Waals surface area contributed by atoms with E-state index in [9.17, 15) is 10.1 Å².